The van der Waals surface area contributed by atoms with Crippen molar-refractivity contribution in [3.8, 4) is 0 Å². The quantitative estimate of drug-likeness (QED) is 0.670. The van der Waals surface area contributed by atoms with Crippen molar-refractivity contribution < 1.29 is 22.7 Å². The molecule has 1 saturated carbocycles. The highest BCUT2D eigenvalue weighted by Crippen LogP contribution is 2.35. The van der Waals surface area contributed by atoms with E-state index in [0.29, 0.717) is 13.0 Å². The third kappa shape index (κ3) is 3.51. The smallest absolute Gasteiger partial charge is 0.243 e. The van der Waals surface area contributed by atoms with Crippen LogP contribution >= 0.6 is 0 Å². The summed E-state index contributed by atoms with van der Waals surface area (Å²) in [7, 11) is 0.786. The van der Waals surface area contributed by atoms with Crippen LogP contribution in [0.2, 0.25) is 0 Å². The zero-order valence-corrected chi connectivity index (χ0v) is 16.3. The van der Waals surface area contributed by atoms with Crippen molar-refractivity contribution in [3.63, 3.8) is 0 Å². The van der Waals surface area contributed by atoms with Crippen LogP contribution in [0, 0.1) is 5.92 Å². The van der Waals surface area contributed by atoms with Gasteiger partial charge in [0.25, 0.3) is 0 Å². The van der Waals surface area contributed by atoms with Crippen LogP contribution in [-0.2, 0) is 30.7 Å². The minimum Gasteiger partial charge on any atom is -0.355 e. The Morgan fingerprint density at radius 1 is 1.31 bits per heavy atom. The molecule has 1 aliphatic carbocycles. The van der Waals surface area contributed by atoms with Crippen molar-refractivity contribution in [3.05, 3.63) is 23.8 Å². The van der Waals surface area contributed by atoms with E-state index in [9.17, 15) is 13.2 Å². The normalized spacial score (nSPS) is 17.7. The minimum atomic E-state index is -3.65. The van der Waals surface area contributed by atoms with Crippen LogP contribution in [0.5, 0.6) is 0 Å². The van der Waals surface area contributed by atoms with Gasteiger partial charge in [-0.05, 0) is 43.0 Å². The molecule has 1 aromatic rings. The van der Waals surface area contributed by atoms with Gasteiger partial charge >= 0.3 is 0 Å². The molecule has 0 bridgehead atoms. The number of hydrogen-bond acceptors (Lipinski definition) is 5. The van der Waals surface area contributed by atoms with Crippen LogP contribution < -0.4 is 4.90 Å². The van der Waals surface area contributed by atoms with Gasteiger partial charge in [0, 0.05) is 39.4 Å². The Morgan fingerprint density at radius 2 is 2.00 bits per heavy atom. The number of hydrogen-bond donors (Lipinski definition) is 0. The average Bonchev–Trinajstić information content (AvgIpc) is 3.00. The summed E-state index contributed by atoms with van der Waals surface area (Å²) >= 11 is 0. The second kappa shape index (κ2) is 7.64. The molecule has 0 N–H and O–H groups in total. The molecular formula is C18H26N2O5S. The van der Waals surface area contributed by atoms with Gasteiger partial charge in [-0.15, -0.1) is 0 Å². The number of likely N-dealkylation sites (N-methyl/N-ethyl adjacent to an activating group) is 1. The average molecular weight is 382 g/mol. The predicted molar refractivity (Wildman–Crippen MR) is 97.5 cm³/mol. The Bertz CT molecular complexity index is 772. The van der Waals surface area contributed by atoms with Crippen molar-refractivity contribution in [2.75, 3.05) is 39.3 Å². The lowest BCUT2D eigenvalue weighted by atomic mass is 9.84. The molecule has 0 unspecified atom stereocenters. The number of amides is 1. The highest BCUT2D eigenvalue weighted by Gasteiger charge is 2.34. The van der Waals surface area contributed by atoms with Crippen molar-refractivity contribution >= 4 is 21.6 Å². The van der Waals surface area contributed by atoms with Crippen molar-refractivity contribution in [1.82, 2.24) is 4.31 Å². The number of fused-ring (bicyclic) bond motifs is 1. The molecule has 0 radical (unpaired) electrons. The molecule has 26 heavy (non-hydrogen) atoms. The van der Waals surface area contributed by atoms with Crippen molar-refractivity contribution in [1.29, 1.82) is 0 Å². The van der Waals surface area contributed by atoms with E-state index >= 15 is 0 Å². The van der Waals surface area contributed by atoms with Crippen LogP contribution in [0.15, 0.2) is 23.1 Å². The first-order valence-electron chi connectivity index (χ1n) is 8.84. The van der Waals surface area contributed by atoms with Crippen LogP contribution in [0.1, 0.15) is 24.8 Å². The first kappa shape index (κ1) is 19.3. The summed E-state index contributed by atoms with van der Waals surface area (Å²) in [4.78, 5) is 14.6. The molecule has 2 aliphatic rings. The standard InChI is InChI=1S/C18H26N2O5S/c1-19(12-17(24-2)25-3)26(22,23)15-7-8-16-14(11-15)9-10-20(16)18(21)13-5-4-6-13/h7-8,11,13,17H,4-6,9-10,12H2,1-3H3. The van der Waals surface area contributed by atoms with E-state index in [1.165, 1.54) is 25.6 Å². The third-order valence-electron chi connectivity index (χ3n) is 5.31. The Kier molecular flexibility index (Phi) is 5.67. The molecule has 1 amide bonds. The molecule has 0 atom stereocenters. The number of nitrogens with zero attached hydrogens (tertiary/aromatic N) is 2. The molecule has 0 saturated heterocycles. The van der Waals surface area contributed by atoms with Crippen LogP contribution in [0.3, 0.4) is 0 Å². The molecule has 1 heterocycles. The fraction of sp³-hybridized carbons (Fsp3) is 0.611. The molecule has 1 fully saturated rings. The highest BCUT2D eigenvalue weighted by atomic mass is 32.2. The summed E-state index contributed by atoms with van der Waals surface area (Å²) < 4.78 is 37.0. The maximum atomic E-state index is 12.8. The number of carbonyl (C=O) groups excluding carboxylic acids is 1. The van der Waals surface area contributed by atoms with Crippen molar-refractivity contribution in [2.45, 2.75) is 36.9 Å². The first-order valence-corrected chi connectivity index (χ1v) is 10.3. The first-order chi connectivity index (χ1) is 12.4. The van der Waals surface area contributed by atoms with Gasteiger partial charge in [0.1, 0.15) is 0 Å². The number of methoxy groups -OCH3 is 2. The van der Waals surface area contributed by atoms with Gasteiger partial charge in [0.2, 0.25) is 15.9 Å². The zero-order valence-electron chi connectivity index (χ0n) is 15.5. The molecular weight excluding hydrogens is 356 g/mol. The van der Waals surface area contributed by atoms with Crippen LogP contribution in [-0.4, -0.2) is 59.3 Å². The highest BCUT2D eigenvalue weighted by molar-refractivity contribution is 7.89. The van der Waals surface area contributed by atoms with Gasteiger partial charge in [0.15, 0.2) is 6.29 Å². The summed E-state index contributed by atoms with van der Waals surface area (Å²) in [6.45, 7) is 0.720. The van der Waals surface area contributed by atoms with Gasteiger partial charge < -0.3 is 14.4 Å². The summed E-state index contributed by atoms with van der Waals surface area (Å²) in [5.74, 6) is 0.307. The molecule has 1 aromatic carbocycles. The Balaban J connectivity index is 1.79. The largest absolute Gasteiger partial charge is 0.355 e. The van der Waals surface area contributed by atoms with Gasteiger partial charge in [-0.2, -0.15) is 4.31 Å². The molecule has 3 rings (SSSR count). The lowest BCUT2D eigenvalue weighted by Gasteiger charge is -2.29. The summed E-state index contributed by atoms with van der Waals surface area (Å²) in [6, 6.07) is 5.01. The van der Waals surface area contributed by atoms with E-state index in [-0.39, 0.29) is 23.3 Å². The van der Waals surface area contributed by atoms with Gasteiger partial charge in [0.05, 0.1) is 11.4 Å². The zero-order chi connectivity index (χ0) is 18.9. The number of anilines is 1. The van der Waals surface area contributed by atoms with Gasteiger partial charge in [-0.1, -0.05) is 6.42 Å². The fourth-order valence-corrected chi connectivity index (χ4v) is 4.59. The predicted octanol–water partition coefficient (Wildman–Crippen LogP) is 1.62. The Morgan fingerprint density at radius 3 is 2.58 bits per heavy atom. The molecule has 8 heteroatoms. The number of ether oxygens (including phenoxy) is 2. The Hall–Kier alpha value is -1.48. The number of benzene rings is 1. The van der Waals surface area contributed by atoms with E-state index in [4.69, 9.17) is 9.47 Å². The molecule has 144 valence electrons. The van der Waals surface area contributed by atoms with Gasteiger partial charge in [-0.3, -0.25) is 4.79 Å². The molecule has 7 nitrogen and oxygen atoms in total. The van der Waals surface area contributed by atoms with Crippen LogP contribution in [0.25, 0.3) is 0 Å². The maximum absolute atomic E-state index is 12.8. The second-order valence-corrected chi connectivity index (χ2v) is 8.89. The number of rotatable bonds is 7. The molecule has 0 aromatic heterocycles. The van der Waals surface area contributed by atoms with Gasteiger partial charge in [-0.25, -0.2) is 8.42 Å². The lowest BCUT2D eigenvalue weighted by molar-refractivity contribution is -0.124. The Labute approximate surface area is 154 Å². The lowest BCUT2D eigenvalue weighted by Crippen LogP contribution is -2.37. The monoisotopic (exact) mass is 382 g/mol. The summed E-state index contributed by atoms with van der Waals surface area (Å²) in [5.41, 5.74) is 1.75. The molecule has 0 spiro atoms. The fourth-order valence-electron chi connectivity index (χ4n) is 3.38. The summed E-state index contributed by atoms with van der Waals surface area (Å²) in [6.07, 6.45) is 3.09. The topological polar surface area (TPSA) is 76.2 Å². The molecule has 1 aliphatic heterocycles. The second-order valence-electron chi connectivity index (χ2n) is 6.84. The van der Waals surface area contributed by atoms with Crippen LogP contribution in [0.4, 0.5) is 5.69 Å². The SMILES string of the molecule is COC(CN(C)S(=O)(=O)c1ccc2c(c1)CCN2C(=O)C1CCC1)OC. The number of carbonyl (C=O) groups is 1. The van der Waals surface area contributed by atoms with Crippen molar-refractivity contribution in [2.24, 2.45) is 5.92 Å². The van der Waals surface area contributed by atoms with E-state index in [0.717, 1.165) is 30.5 Å². The van der Waals surface area contributed by atoms with E-state index in [2.05, 4.69) is 0 Å². The summed E-state index contributed by atoms with van der Waals surface area (Å²) in [5, 5.41) is 0. The van der Waals surface area contributed by atoms with E-state index in [1.807, 2.05) is 4.90 Å². The number of sulfonamides is 1. The third-order valence-corrected chi connectivity index (χ3v) is 7.13. The van der Waals surface area contributed by atoms with E-state index < -0.39 is 16.3 Å². The maximum Gasteiger partial charge on any atom is 0.243 e. The van der Waals surface area contributed by atoms with E-state index in [1.54, 1.807) is 18.2 Å². The minimum absolute atomic E-state index is 0.0959.